The van der Waals surface area contributed by atoms with Gasteiger partial charge in [0.2, 0.25) is 5.78 Å². The zero-order valence-corrected chi connectivity index (χ0v) is 9.07. The Morgan fingerprint density at radius 1 is 1.00 bits per heavy atom. The fourth-order valence-electron chi connectivity index (χ4n) is 0.974. The van der Waals surface area contributed by atoms with Crippen molar-refractivity contribution in [1.82, 2.24) is 0 Å². The van der Waals surface area contributed by atoms with E-state index in [-0.39, 0.29) is 0 Å². The van der Waals surface area contributed by atoms with Gasteiger partial charge in [0.25, 0.3) is 0 Å². The van der Waals surface area contributed by atoms with E-state index in [0.29, 0.717) is 24.3 Å². The van der Waals surface area contributed by atoms with Crippen LogP contribution in [0.2, 0.25) is 0 Å². The summed E-state index contributed by atoms with van der Waals surface area (Å²) in [6.07, 6.45) is -4.56. The number of alkyl halides is 6. The van der Waals surface area contributed by atoms with Gasteiger partial charge in [-0.2, -0.15) is 22.0 Å². The van der Waals surface area contributed by atoms with Crippen LogP contribution in [-0.4, -0.2) is 10.6 Å². The number of Topliss-reactive ketones (excluding diaryl/α,β-unsaturated/α-hetero) is 1. The van der Waals surface area contributed by atoms with Gasteiger partial charge < -0.3 is 0 Å². The minimum Gasteiger partial charge on any atom is -0.286 e. The lowest BCUT2D eigenvalue weighted by Gasteiger charge is -2.09. The lowest BCUT2D eigenvalue weighted by atomic mass is 10.1. The Morgan fingerprint density at radius 2 is 1.44 bits per heavy atom. The predicted octanol–water partition coefficient (Wildman–Crippen LogP) is 3.88. The number of rotatable bonds is 2. The summed E-state index contributed by atoms with van der Waals surface area (Å²) in [6.45, 7) is 0. The maximum Gasteiger partial charge on any atom is 0.416 e. The van der Waals surface area contributed by atoms with Crippen LogP contribution in [0, 0.1) is 0 Å². The Labute approximate surface area is 95.4 Å². The Balaban J connectivity index is 3.01. The van der Waals surface area contributed by atoms with E-state index in [0.717, 1.165) is 0 Å². The number of benzene rings is 1. The minimum absolute atomic E-state index is 0.491. The first-order chi connectivity index (χ1) is 7.12. The standard InChI is InChI=1S/C9H4BrF5O/c10-8(11,12)7(16)5-1-3-6(4-2-5)9(13,14)15/h1-4H. The van der Waals surface area contributed by atoms with E-state index in [2.05, 4.69) is 0 Å². The Hall–Kier alpha value is -0.980. The molecular formula is C9H4BrF5O. The number of carbonyl (C=O) groups is 1. The van der Waals surface area contributed by atoms with Crippen LogP contribution in [-0.2, 0) is 6.18 Å². The van der Waals surface area contributed by atoms with E-state index >= 15 is 0 Å². The van der Waals surface area contributed by atoms with Crippen molar-refractivity contribution in [1.29, 1.82) is 0 Å². The van der Waals surface area contributed by atoms with E-state index in [1.807, 2.05) is 15.9 Å². The summed E-state index contributed by atoms with van der Waals surface area (Å²) in [6, 6.07) is 2.57. The van der Waals surface area contributed by atoms with Crippen molar-refractivity contribution < 1.29 is 26.7 Å². The Kier molecular flexibility index (Phi) is 3.37. The highest BCUT2D eigenvalue weighted by Gasteiger charge is 2.36. The van der Waals surface area contributed by atoms with Crippen molar-refractivity contribution >= 4 is 21.7 Å². The van der Waals surface area contributed by atoms with Crippen LogP contribution in [0.3, 0.4) is 0 Å². The van der Waals surface area contributed by atoms with Gasteiger partial charge in [-0.05, 0) is 28.1 Å². The molecule has 0 atom stereocenters. The van der Waals surface area contributed by atoms with Crippen molar-refractivity contribution in [2.24, 2.45) is 0 Å². The third kappa shape index (κ3) is 3.01. The van der Waals surface area contributed by atoms with E-state index < -0.39 is 27.9 Å². The first-order valence-corrected chi connectivity index (χ1v) is 4.70. The predicted molar refractivity (Wildman–Crippen MR) is 49.6 cm³/mol. The van der Waals surface area contributed by atoms with Crippen molar-refractivity contribution in [2.45, 2.75) is 11.0 Å². The topological polar surface area (TPSA) is 17.1 Å². The summed E-state index contributed by atoms with van der Waals surface area (Å²) in [5.41, 5.74) is -1.49. The first kappa shape index (κ1) is 13.1. The normalized spacial score (nSPS) is 12.6. The van der Waals surface area contributed by atoms with Crippen LogP contribution >= 0.6 is 15.9 Å². The molecule has 0 fully saturated rings. The fraction of sp³-hybridized carbons (Fsp3) is 0.222. The molecule has 1 aromatic rings. The summed E-state index contributed by atoms with van der Waals surface area (Å²) in [4.78, 5) is 7.18. The van der Waals surface area contributed by atoms with Crippen molar-refractivity contribution in [3.8, 4) is 0 Å². The van der Waals surface area contributed by atoms with E-state index in [1.165, 1.54) is 0 Å². The Bertz CT molecular complexity index is 390. The van der Waals surface area contributed by atoms with Gasteiger partial charge in [-0.1, -0.05) is 12.1 Å². The highest BCUT2D eigenvalue weighted by molar-refractivity contribution is 9.10. The molecule has 0 aliphatic carbocycles. The van der Waals surface area contributed by atoms with Crippen molar-refractivity contribution in [2.75, 3.05) is 0 Å². The third-order valence-corrected chi connectivity index (χ3v) is 2.09. The van der Waals surface area contributed by atoms with Gasteiger partial charge in [0.1, 0.15) is 0 Å². The van der Waals surface area contributed by atoms with E-state index in [4.69, 9.17) is 0 Å². The highest BCUT2D eigenvalue weighted by Crippen LogP contribution is 2.31. The molecule has 0 radical (unpaired) electrons. The summed E-state index contributed by atoms with van der Waals surface area (Å²) >= 11 is 1.83. The van der Waals surface area contributed by atoms with Gasteiger partial charge in [0.15, 0.2) is 0 Å². The second-order valence-electron chi connectivity index (χ2n) is 2.90. The minimum atomic E-state index is -4.56. The second kappa shape index (κ2) is 4.12. The number of hydrogen-bond donors (Lipinski definition) is 0. The van der Waals surface area contributed by atoms with Gasteiger partial charge >= 0.3 is 11.0 Å². The first-order valence-electron chi connectivity index (χ1n) is 3.91. The molecule has 88 valence electrons. The molecule has 0 amide bonds. The zero-order chi connectivity index (χ0) is 12.6. The van der Waals surface area contributed by atoms with Crippen molar-refractivity contribution in [3.05, 3.63) is 35.4 Å². The van der Waals surface area contributed by atoms with E-state index in [9.17, 15) is 26.7 Å². The number of carbonyl (C=O) groups excluding carboxylic acids is 1. The average molecular weight is 303 g/mol. The van der Waals surface area contributed by atoms with Gasteiger partial charge in [-0.15, -0.1) is 0 Å². The summed E-state index contributed by atoms with van der Waals surface area (Å²) in [7, 11) is 0. The molecule has 16 heavy (non-hydrogen) atoms. The van der Waals surface area contributed by atoms with Gasteiger partial charge in [0.05, 0.1) is 5.56 Å². The van der Waals surface area contributed by atoms with Crippen LogP contribution in [0.5, 0.6) is 0 Å². The molecule has 1 aromatic carbocycles. The molecule has 0 saturated carbocycles. The van der Waals surface area contributed by atoms with Gasteiger partial charge in [-0.3, -0.25) is 4.79 Å². The van der Waals surface area contributed by atoms with Crippen LogP contribution < -0.4 is 0 Å². The lowest BCUT2D eigenvalue weighted by molar-refractivity contribution is -0.137. The molecule has 0 spiro atoms. The molecule has 0 heterocycles. The molecule has 0 N–H and O–H groups in total. The summed E-state index contributed by atoms with van der Waals surface area (Å²) < 4.78 is 61.3. The van der Waals surface area contributed by atoms with Crippen LogP contribution in [0.1, 0.15) is 15.9 Å². The maximum atomic E-state index is 12.5. The van der Waals surface area contributed by atoms with Crippen LogP contribution in [0.4, 0.5) is 22.0 Å². The number of ketones is 1. The number of halogens is 6. The largest absolute Gasteiger partial charge is 0.416 e. The smallest absolute Gasteiger partial charge is 0.286 e. The SMILES string of the molecule is O=C(c1ccc(C(F)(F)F)cc1)C(F)(F)Br. The molecule has 0 unspecified atom stereocenters. The molecular weight excluding hydrogens is 299 g/mol. The molecule has 1 rings (SSSR count). The Morgan fingerprint density at radius 3 is 1.75 bits per heavy atom. The quantitative estimate of drug-likeness (QED) is 0.460. The maximum absolute atomic E-state index is 12.5. The zero-order valence-electron chi connectivity index (χ0n) is 7.49. The van der Waals surface area contributed by atoms with Gasteiger partial charge in [-0.25, -0.2) is 0 Å². The molecule has 7 heteroatoms. The summed E-state index contributed by atoms with van der Waals surface area (Å²) in [5.74, 6) is -1.58. The molecule has 0 saturated heterocycles. The molecule has 0 aliphatic rings. The fourth-order valence-corrected chi connectivity index (χ4v) is 1.20. The highest BCUT2D eigenvalue weighted by atomic mass is 79.9. The molecule has 1 nitrogen and oxygen atoms in total. The molecule has 0 aliphatic heterocycles. The second-order valence-corrected chi connectivity index (χ2v) is 3.90. The van der Waals surface area contributed by atoms with E-state index in [1.54, 1.807) is 0 Å². The van der Waals surface area contributed by atoms with Crippen molar-refractivity contribution in [3.63, 3.8) is 0 Å². The van der Waals surface area contributed by atoms with Crippen LogP contribution in [0.25, 0.3) is 0 Å². The average Bonchev–Trinajstić information content (AvgIpc) is 2.14. The molecule has 0 bridgehead atoms. The number of hydrogen-bond acceptors (Lipinski definition) is 1. The lowest BCUT2D eigenvalue weighted by Crippen LogP contribution is -2.20. The van der Waals surface area contributed by atoms with Crippen LogP contribution in [0.15, 0.2) is 24.3 Å². The van der Waals surface area contributed by atoms with Gasteiger partial charge in [0, 0.05) is 5.56 Å². The molecule has 0 aromatic heterocycles. The summed E-state index contributed by atoms with van der Waals surface area (Å²) in [5, 5.41) is 0. The third-order valence-electron chi connectivity index (χ3n) is 1.73. The monoisotopic (exact) mass is 302 g/mol.